The Kier molecular flexibility index (Phi) is 5.09. The number of nitrogens with zero attached hydrogens (tertiary/aromatic N) is 3. The third-order valence-electron chi connectivity index (χ3n) is 5.58. The predicted octanol–water partition coefficient (Wildman–Crippen LogP) is 3.44. The van der Waals surface area contributed by atoms with Crippen LogP contribution in [0.15, 0.2) is 48.7 Å². The van der Waals surface area contributed by atoms with Crippen LogP contribution >= 0.6 is 0 Å². The number of hydrogen-bond acceptors (Lipinski definition) is 3. The summed E-state index contributed by atoms with van der Waals surface area (Å²) in [6.07, 6.45) is 2.45. The summed E-state index contributed by atoms with van der Waals surface area (Å²) in [5.74, 6) is -0.561. The van der Waals surface area contributed by atoms with Gasteiger partial charge in [-0.15, -0.1) is 0 Å². The number of benzene rings is 1. The molecule has 6 heteroatoms. The van der Waals surface area contributed by atoms with Crippen molar-refractivity contribution in [2.24, 2.45) is 5.92 Å². The maximum absolute atomic E-state index is 12.8. The van der Waals surface area contributed by atoms with Crippen molar-refractivity contribution in [2.75, 3.05) is 11.4 Å². The highest BCUT2D eigenvalue weighted by Gasteiger charge is 2.37. The monoisotopic (exact) mass is 390 g/mol. The second-order valence-corrected chi connectivity index (χ2v) is 7.92. The van der Waals surface area contributed by atoms with E-state index in [2.05, 4.69) is 24.1 Å². The van der Waals surface area contributed by atoms with Crippen molar-refractivity contribution in [3.63, 3.8) is 0 Å². The van der Waals surface area contributed by atoms with Gasteiger partial charge in [-0.1, -0.05) is 32.0 Å². The highest BCUT2D eigenvalue weighted by Crippen LogP contribution is 2.27. The lowest BCUT2D eigenvalue weighted by atomic mass is 10.0. The third-order valence-corrected chi connectivity index (χ3v) is 5.58. The smallest absolute Gasteiger partial charge is 0.239 e. The molecule has 1 N–H and O–H groups in total. The maximum Gasteiger partial charge on any atom is 0.239 e. The van der Waals surface area contributed by atoms with Crippen molar-refractivity contribution in [1.82, 2.24) is 14.7 Å². The Morgan fingerprint density at radius 2 is 1.97 bits per heavy atom. The summed E-state index contributed by atoms with van der Waals surface area (Å²) >= 11 is 0. The third kappa shape index (κ3) is 3.75. The van der Waals surface area contributed by atoms with Crippen LogP contribution in [0.5, 0.6) is 0 Å². The van der Waals surface area contributed by atoms with Gasteiger partial charge in [0, 0.05) is 24.1 Å². The van der Waals surface area contributed by atoms with Gasteiger partial charge in [0.05, 0.1) is 12.2 Å². The molecule has 0 radical (unpaired) electrons. The SMILES string of the molecule is Cc1cccc2nc(CNC(=O)C3CCN(c4ccc(C(C)C)cc4)C3=O)cn12. The number of hydrogen-bond donors (Lipinski definition) is 1. The van der Waals surface area contributed by atoms with Crippen molar-refractivity contribution < 1.29 is 9.59 Å². The molecule has 1 aliphatic heterocycles. The Labute approximate surface area is 170 Å². The van der Waals surface area contributed by atoms with Crippen LogP contribution < -0.4 is 10.2 Å². The van der Waals surface area contributed by atoms with Crippen molar-refractivity contribution in [2.45, 2.75) is 39.7 Å². The van der Waals surface area contributed by atoms with Crippen molar-refractivity contribution in [3.8, 4) is 0 Å². The highest BCUT2D eigenvalue weighted by atomic mass is 16.2. The summed E-state index contributed by atoms with van der Waals surface area (Å²) in [4.78, 5) is 31.7. The van der Waals surface area contributed by atoms with Crippen LogP contribution in [-0.2, 0) is 16.1 Å². The number of carbonyl (C=O) groups excluding carboxylic acids is 2. The number of amides is 2. The number of carbonyl (C=O) groups is 2. The van der Waals surface area contributed by atoms with Crippen LogP contribution in [0, 0.1) is 12.8 Å². The summed E-state index contributed by atoms with van der Waals surface area (Å²) in [5, 5.41) is 2.89. The van der Waals surface area contributed by atoms with E-state index >= 15 is 0 Å². The van der Waals surface area contributed by atoms with Crippen LogP contribution in [0.25, 0.3) is 5.65 Å². The molecule has 2 aromatic heterocycles. The predicted molar refractivity (Wildman–Crippen MR) is 113 cm³/mol. The van der Waals surface area contributed by atoms with E-state index in [1.54, 1.807) is 4.90 Å². The van der Waals surface area contributed by atoms with E-state index in [1.165, 1.54) is 5.56 Å². The molecule has 4 rings (SSSR count). The summed E-state index contributed by atoms with van der Waals surface area (Å²) < 4.78 is 1.99. The van der Waals surface area contributed by atoms with E-state index < -0.39 is 5.92 Å². The molecule has 3 heterocycles. The van der Waals surface area contributed by atoms with E-state index in [0.717, 1.165) is 22.7 Å². The summed E-state index contributed by atoms with van der Waals surface area (Å²) in [6.45, 7) is 7.16. The molecule has 0 aliphatic carbocycles. The lowest BCUT2D eigenvalue weighted by molar-refractivity contribution is -0.132. The zero-order chi connectivity index (χ0) is 20.5. The second-order valence-electron chi connectivity index (χ2n) is 7.92. The molecule has 0 saturated carbocycles. The number of aromatic nitrogens is 2. The summed E-state index contributed by atoms with van der Waals surface area (Å²) in [6, 6.07) is 13.9. The average molecular weight is 390 g/mol. The molecule has 0 bridgehead atoms. The molecular formula is C23H26N4O2. The Hall–Kier alpha value is -3.15. The van der Waals surface area contributed by atoms with Gasteiger partial charge in [0.25, 0.3) is 0 Å². The van der Waals surface area contributed by atoms with Gasteiger partial charge >= 0.3 is 0 Å². The van der Waals surface area contributed by atoms with Crippen LogP contribution in [0.3, 0.4) is 0 Å². The number of imidazole rings is 1. The molecule has 1 unspecified atom stereocenters. The number of aryl methyl sites for hydroxylation is 1. The van der Waals surface area contributed by atoms with Crippen LogP contribution in [0.4, 0.5) is 5.69 Å². The number of anilines is 1. The van der Waals surface area contributed by atoms with E-state index in [0.29, 0.717) is 25.4 Å². The Bertz CT molecular complexity index is 1050. The molecule has 1 aliphatic rings. The van der Waals surface area contributed by atoms with Gasteiger partial charge in [-0.25, -0.2) is 4.98 Å². The van der Waals surface area contributed by atoms with Gasteiger partial charge in [-0.2, -0.15) is 0 Å². The first kappa shape index (κ1) is 19.2. The molecule has 0 spiro atoms. The quantitative estimate of drug-likeness (QED) is 0.679. The number of pyridine rings is 1. The van der Waals surface area contributed by atoms with Crippen LogP contribution in [-0.4, -0.2) is 27.7 Å². The van der Waals surface area contributed by atoms with Crippen molar-refractivity contribution in [1.29, 1.82) is 0 Å². The largest absolute Gasteiger partial charge is 0.350 e. The number of rotatable bonds is 5. The molecule has 6 nitrogen and oxygen atoms in total. The average Bonchev–Trinajstić information content (AvgIpc) is 3.30. The first-order valence-corrected chi connectivity index (χ1v) is 10.1. The molecule has 29 heavy (non-hydrogen) atoms. The van der Waals surface area contributed by atoms with Gasteiger partial charge in [0.1, 0.15) is 11.6 Å². The Morgan fingerprint density at radius 3 is 2.66 bits per heavy atom. The van der Waals surface area contributed by atoms with E-state index in [1.807, 2.05) is 60.0 Å². The van der Waals surface area contributed by atoms with E-state index in [-0.39, 0.29) is 11.8 Å². The van der Waals surface area contributed by atoms with Crippen molar-refractivity contribution in [3.05, 3.63) is 65.6 Å². The summed E-state index contributed by atoms with van der Waals surface area (Å²) in [5.41, 5.74) is 4.79. The van der Waals surface area contributed by atoms with Gasteiger partial charge in [0.15, 0.2) is 0 Å². The van der Waals surface area contributed by atoms with E-state index in [9.17, 15) is 9.59 Å². The zero-order valence-electron chi connectivity index (χ0n) is 17.1. The first-order chi connectivity index (χ1) is 13.9. The molecule has 1 fully saturated rings. The minimum Gasteiger partial charge on any atom is -0.350 e. The molecule has 1 atom stereocenters. The number of nitrogens with one attached hydrogen (secondary N) is 1. The fourth-order valence-corrected chi connectivity index (χ4v) is 3.80. The number of fused-ring (bicyclic) bond motifs is 1. The topological polar surface area (TPSA) is 66.7 Å². The fraction of sp³-hybridized carbons (Fsp3) is 0.348. The Balaban J connectivity index is 1.40. The Morgan fingerprint density at radius 1 is 1.21 bits per heavy atom. The standard InChI is InChI=1S/C23H26N4O2/c1-15(2)17-7-9-19(10-8-17)26-12-11-20(23(26)29)22(28)24-13-18-14-27-16(3)5-4-6-21(27)25-18/h4-10,14-15,20H,11-13H2,1-3H3,(H,24,28). The molecule has 150 valence electrons. The summed E-state index contributed by atoms with van der Waals surface area (Å²) in [7, 11) is 0. The highest BCUT2D eigenvalue weighted by molar-refractivity contribution is 6.09. The van der Waals surface area contributed by atoms with Crippen molar-refractivity contribution >= 4 is 23.1 Å². The van der Waals surface area contributed by atoms with Crippen LogP contribution in [0.1, 0.15) is 43.1 Å². The fourth-order valence-electron chi connectivity index (χ4n) is 3.80. The van der Waals surface area contributed by atoms with Gasteiger partial charge < -0.3 is 14.6 Å². The molecule has 1 saturated heterocycles. The molecule has 3 aromatic rings. The van der Waals surface area contributed by atoms with Crippen LogP contribution in [0.2, 0.25) is 0 Å². The molecule has 2 amide bonds. The van der Waals surface area contributed by atoms with Gasteiger partial charge in [0.2, 0.25) is 11.8 Å². The molecule has 1 aromatic carbocycles. The lowest BCUT2D eigenvalue weighted by Gasteiger charge is -2.17. The van der Waals surface area contributed by atoms with Gasteiger partial charge in [-0.05, 0) is 49.1 Å². The zero-order valence-corrected chi connectivity index (χ0v) is 17.1. The minimum absolute atomic E-state index is 0.134. The maximum atomic E-state index is 12.8. The normalized spacial score (nSPS) is 16.8. The van der Waals surface area contributed by atoms with Gasteiger partial charge in [-0.3, -0.25) is 9.59 Å². The second kappa shape index (κ2) is 7.70. The first-order valence-electron chi connectivity index (χ1n) is 10.1. The minimum atomic E-state index is -0.640. The lowest BCUT2D eigenvalue weighted by Crippen LogP contribution is -2.36. The molecular weight excluding hydrogens is 364 g/mol. The van der Waals surface area contributed by atoms with E-state index in [4.69, 9.17) is 0 Å².